The predicted octanol–water partition coefficient (Wildman–Crippen LogP) is 0.169. The zero-order valence-electron chi connectivity index (χ0n) is 7.50. The lowest BCUT2D eigenvalue weighted by Crippen LogP contribution is -2.54. The third-order valence-corrected chi connectivity index (χ3v) is 2.12. The molecular formula is C8H16N2O. The topological polar surface area (TPSA) is 23.6 Å². The molecule has 1 amide bonds. The monoisotopic (exact) mass is 156 g/mol. The maximum atomic E-state index is 10.9. The summed E-state index contributed by atoms with van der Waals surface area (Å²) in [7, 11) is 4.08. The molecule has 1 rings (SSSR count). The zero-order chi connectivity index (χ0) is 8.43. The third-order valence-electron chi connectivity index (χ3n) is 2.12. The number of amides is 1. The Labute approximate surface area is 68.0 Å². The number of hydrogen-bond acceptors (Lipinski definition) is 2. The molecule has 1 unspecified atom stereocenters. The van der Waals surface area contributed by atoms with Crippen molar-refractivity contribution in [3.63, 3.8) is 0 Å². The van der Waals surface area contributed by atoms with E-state index in [1.54, 1.807) is 6.92 Å². The quantitative estimate of drug-likeness (QED) is 0.569. The van der Waals surface area contributed by atoms with Gasteiger partial charge in [0.2, 0.25) is 5.91 Å². The van der Waals surface area contributed by atoms with E-state index in [9.17, 15) is 4.79 Å². The average molecular weight is 156 g/mol. The van der Waals surface area contributed by atoms with Crippen LogP contribution in [0.3, 0.4) is 0 Å². The van der Waals surface area contributed by atoms with Crippen LogP contribution in [0.25, 0.3) is 0 Å². The van der Waals surface area contributed by atoms with Crippen LogP contribution in [-0.4, -0.2) is 48.9 Å². The van der Waals surface area contributed by atoms with Gasteiger partial charge in [-0.15, -0.1) is 0 Å². The van der Waals surface area contributed by atoms with Crippen molar-refractivity contribution in [2.75, 3.05) is 27.2 Å². The molecule has 1 heterocycles. The minimum atomic E-state index is 0.211. The summed E-state index contributed by atoms with van der Waals surface area (Å²) < 4.78 is 0. The predicted molar refractivity (Wildman–Crippen MR) is 44.3 cm³/mol. The number of rotatable bonds is 2. The van der Waals surface area contributed by atoms with Crippen LogP contribution in [0, 0.1) is 0 Å². The van der Waals surface area contributed by atoms with Crippen molar-refractivity contribution in [3.8, 4) is 0 Å². The molecular weight excluding hydrogens is 140 g/mol. The lowest BCUT2D eigenvalue weighted by Gasteiger charge is -2.41. The van der Waals surface area contributed by atoms with Crippen LogP contribution in [0.5, 0.6) is 0 Å². The van der Waals surface area contributed by atoms with Gasteiger partial charge in [-0.25, -0.2) is 0 Å². The minimum Gasteiger partial charge on any atom is -0.339 e. The molecule has 1 saturated heterocycles. The Morgan fingerprint density at radius 2 is 2.27 bits per heavy atom. The maximum Gasteiger partial charge on any atom is 0.219 e. The van der Waals surface area contributed by atoms with E-state index in [1.165, 1.54) is 0 Å². The molecule has 3 nitrogen and oxygen atoms in total. The summed E-state index contributed by atoms with van der Waals surface area (Å²) in [5.74, 6) is 0.211. The summed E-state index contributed by atoms with van der Waals surface area (Å²) >= 11 is 0. The van der Waals surface area contributed by atoms with Gasteiger partial charge in [-0.1, -0.05) is 0 Å². The first-order valence-corrected chi connectivity index (χ1v) is 4.03. The van der Waals surface area contributed by atoms with Gasteiger partial charge in [0.05, 0.1) is 0 Å². The molecule has 0 radical (unpaired) electrons. The van der Waals surface area contributed by atoms with E-state index in [2.05, 4.69) is 4.90 Å². The Bertz CT molecular complexity index is 156. The molecule has 0 N–H and O–H groups in total. The lowest BCUT2D eigenvalue weighted by molar-refractivity contribution is -0.136. The van der Waals surface area contributed by atoms with E-state index in [1.807, 2.05) is 19.0 Å². The second-order valence-electron chi connectivity index (χ2n) is 3.42. The summed E-state index contributed by atoms with van der Waals surface area (Å²) in [6.07, 6.45) is 1.16. The van der Waals surface area contributed by atoms with Crippen molar-refractivity contribution in [1.29, 1.82) is 0 Å². The normalized spacial score (nSPS) is 23.6. The average Bonchev–Trinajstić information content (AvgIpc) is 1.78. The Morgan fingerprint density at radius 3 is 2.55 bits per heavy atom. The number of carbonyl (C=O) groups excluding carboxylic acids is 1. The summed E-state index contributed by atoms with van der Waals surface area (Å²) in [6, 6.07) is 0.475. The van der Waals surface area contributed by atoms with Crippen LogP contribution in [-0.2, 0) is 4.79 Å². The fourth-order valence-electron chi connectivity index (χ4n) is 1.47. The number of carbonyl (C=O) groups is 1. The Morgan fingerprint density at radius 1 is 1.64 bits per heavy atom. The zero-order valence-corrected chi connectivity index (χ0v) is 7.50. The molecule has 3 heteroatoms. The fourth-order valence-corrected chi connectivity index (χ4v) is 1.47. The first kappa shape index (κ1) is 8.53. The Hall–Kier alpha value is -0.570. The molecule has 1 atom stereocenters. The Balaban J connectivity index is 2.31. The highest BCUT2D eigenvalue weighted by Crippen LogP contribution is 2.17. The highest BCUT2D eigenvalue weighted by molar-refractivity contribution is 5.74. The summed E-state index contributed by atoms with van der Waals surface area (Å²) in [5, 5.41) is 0. The van der Waals surface area contributed by atoms with E-state index < -0.39 is 0 Å². The first-order chi connectivity index (χ1) is 5.11. The van der Waals surface area contributed by atoms with Crippen LogP contribution in [0.1, 0.15) is 13.3 Å². The van der Waals surface area contributed by atoms with Gasteiger partial charge in [-0.05, 0) is 20.5 Å². The second kappa shape index (κ2) is 3.22. The smallest absolute Gasteiger partial charge is 0.219 e. The molecule has 1 aliphatic heterocycles. The van der Waals surface area contributed by atoms with Crippen LogP contribution < -0.4 is 0 Å². The lowest BCUT2D eigenvalue weighted by atomic mass is 10.0. The van der Waals surface area contributed by atoms with E-state index in [0.29, 0.717) is 6.04 Å². The standard InChI is InChI=1S/C8H16N2O/c1-7(11)10-5-4-8(10)6-9(2)3/h8H,4-6H2,1-3H3. The van der Waals surface area contributed by atoms with Gasteiger partial charge in [0.15, 0.2) is 0 Å². The largest absolute Gasteiger partial charge is 0.339 e. The maximum absolute atomic E-state index is 10.9. The molecule has 0 spiro atoms. The minimum absolute atomic E-state index is 0.211. The number of hydrogen-bond donors (Lipinski definition) is 0. The first-order valence-electron chi connectivity index (χ1n) is 4.03. The molecule has 1 fully saturated rings. The number of likely N-dealkylation sites (N-methyl/N-ethyl adjacent to an activating group) is 1. The molecule has 1 aliphatic rings. The fraction of sp³-hybridized carbons (Fsp3) is 0.875. The van der Waals surface area contributed by atoms with Crippen LogP contribution in [0.2, 0.25) is 0 Å². The van der Waals surface area contributed by atoms with E-state index >= 15 is 0 Å². The number of nitrogens with zero attached hydrogens (tertiary/aromatic N) is 2. The van der Waals surface area contributed by atoms with Crippen LogP contribution >= 0.6 is 0 Å². The summed E-state index contributed by atoms with van der Waals surface area (Å²) in [4.78, 5) is 15.0. The van der Waals surface area contributed by atoms with Crippen molar-refractivity contribution in [3.05, 3.63) is 0 Å². The molecule has 64 valence electrons. The van der Waals surface area contributed by atoms with Crippen molar-refractivity contribution >= 4 is 5.91 Å². The SMILES string of the molecule is CC(=O)N1CCC1CN(C)C. The van der Waals surface area contributed by atoms with Crippen molar-refractivity contribution in [2.24, 2.45) is 0 Å². The highest BCUT2D eigenvalue weighted by Gasteiger charge is 2.29. The van der Waals surface area contributed by atoms with Gasteiger partial charge in [0, 0.05) is 26.1 Å². The third kappa shape index (κ3) is 1.93. The van der Waals surface area contributed by atoms with Gasteiger partial charge in [-0.2, -0.15) is 0 Å². The van der Waals surface area contributed by atoms with Crippen molar-refractivity contribution in [2.45, 2.75) is 19.4 Å². The van der Waals surface area contributed by atoms with Gasteiger partial charge < -0.3 is 9.80 Å². The second-order valence-corrected chi connectivity index (χ2v) is 3.42. The molecule has 0 aliphatic carbocycles. The number of likely N-dealkylation sites (tertiary alicyclic amines) is 1. The van der Waals surface area contributed by atoms with Crippen LogP contribution in [0.15, 0.2) is 0 Å². The molecule has 0 bridgehead atoms. The highest BCUT2D eigenvalue weighted by atomic mass is 16.2. The summed E-state index contributed by atoms with van der Waals surface area (Å²) in [6.45, 7) is 3.59. The van der Waals surface area contributed by atoms with Crippen molar-refractivity contribution < 1.29 is 4.79 Å². The van der Waals surface area contributed by atoms with E-state index in [-0.39, 0.29) is 5.91 Å². The van der Waals surface area contributed by atoms with E-state index in [0.717, 1.165) is 19.5 Å². The molecule has 0 aromatic rings. The van der Waals surface area contributed by atoms with Gasteiger partial charge in [0.1, 0.15) is 0 Å². The molecule has 11 heavy (non-hydrogen) atoms. The molecule has 0 aromatic heterocycles. The molecule has 0 aromatic carbocycles. The Kier molecular flexibility index (Phi) is 2.49. The van der Waals surface area contributed by atoms with Gasteiger partial charge in [-0.3, -0.25) is 4.79 Å². The van der Waals surface area contributed by atoms with Gasteiger partial charge in [0.25, 0.3) is 0 Å². The van der Waals surface area contributed by atoms with Crippen LogP contribution in [0.4, 0.5) is 0 Å². The summed E-state index contributed by atoms with van der Waals surface area (Å²) in [5.41, 5.74) is 0. The van der Waals surface area contributed by atoms with Gasteiger partial charge >= 0.3 is 0 Å². The van der Waals surface area contributed by atoms with Crippen molar-refractivity contribution in [1.82, 2.24) is 9.80 Å². The van der Waals surface area contributed by atoms with E-state index in [4.69, 9.17) is 0 Å². The molecule has 0 saturated carbocycles.